The molecular weight excluding hydrogens is 244 g/mol. The van der Waals surface area contributed by atoms with Crippen LogP contribution in [0.3, 0.4) is 0 Å². The number of nitrogens with one attached hydrogen (secondary N) is 1. The maximum absolute atomic E-state index is 11.9. The van der Waals surface area contributed by atoms with Gasteiger partial charge in [0.25, 0.3) is 0 Å². The van der Waals surface area contributed by atoms with Crippen LogP contribution in [-0.4, -0.2) is 36.3 Å². The number of hydrogen-bond acceptors (Lipinski definition) is 4. The molecule has 0 bridgehead atoms. The summed E-state index contributed by atoms with van der Waals surface area (Å²) in [5, 5.41) is 11.4. The van der Waals surface area contributed by atoms with Crippen LogP contribution in [0.2, 0.25) is 0 Å². The fourth-order valence-electron chi connectivity index (χ4n) is 1.46. The molecule has 0 saturated heterocycles. The molecule has 0 fully saturated rings. The van der Waals surface area contributed by atoms with Gasteiger partial charge in [0.2, 0.25) is 11.8 Å². The molecule has 6 nitrogen and oxygen atoms in total. The Morgan fingerprint density at radius 1 is 1.42 bits per heavy atom. The van der Waals surface area contributed by atoms with E-state index in [2.05, 4.69) is 5.32 Å². The third-order valence-corrected chi connectivity index (χ3v) is 2.73. The van der Waals surface area contributed by atoms with Gasteiger partial charge in [0.05, 0.1) is 24.2 Å². The number of nitrogens with zero attached hydrogens (tertiary/aromatic N) is 2. The quantitative estimate of drug-likeness (QED) is 0.795. The van der Waals surface area contributed by atoms with Crippen molar-refractivity contribution >= 4 is 17.5 Å². The molecule has 0 radical (unpaired) electrons. The molecule has 1 rings (SSSR count). The molecule has 100 valence electrons. The molecule has 1 aromatic carbocycles. The number of hydrogen-bond donors (Lipinski definition) is 2. The third-order valence-electron chi connectivity index (χ3n) is 2.73. The lowest BCUT2D eigenvalue weighted by atomic mass is 10.2. The number of benzene rings is 1. The number of rotatable bonds is 5. The minimum atomic E-state index is -0.486. The molecule has 0 aromatic heterocycles. The molecule has 0 aliphatic carbocycles. The highest BCUT2D eigenvalue weighted by Crippen LogP contribution is 2.10. The third kappa shape index (κ3) is 4.41. The van der Waals surface area contributed by atoms with Crippen LogP contribution in [0, 0.1) is 11.3 Å². The van der Waals surface area contributed by atoms with Crippen molar-refractivity contribution in [1.82, 2.24) is 4.90 Å². The first-order chi connectivity index (χ1) is 8.93. The van der Waals surface area contributed by atoms with Crippen LogP contribution in [0.25, 0.3) is 0 Å². The van der Waals surface area contributed by atoms with Crippen LogP contribution in [0.15, 0.2) is 24.3 Å². The number of primary amides is 1. The van der Waals surface area contributed by atoms with E-state index in [1.165, 1.54) is 0 Å². The van der Waals surface area contributed by atoms with Crippen LogP contribution in [-0.2, 0) is 9.59 Å². The molecule has 1 aromatic rings. The normalized spacial score (nSPS) is 11.7. The monoisotopic (exact) mass is 260 g/mol. The van der Waals surface area contributed by atoms with Crippen molar-refractivity contribution in [2.24, 2.45) is 5.73 Å². The molecule has 0 saturated carbocycles. The Kier molecular flexibility index (Phi) is 5.03. The number of nitriles is 1. The smallest absolute Gasteiger partial charge is 0.241 e. The van der Waals surface area contributed by atoms with E-state index in [1.807, 2.05) is 6.07 Å². The van der Waals surface area contributed by atoms with E-state index in [1.54, 1.807) is 43.1 Å². The van der Waals surface area contributed by atoms with Crippen LogP contribution in [0.4, 0.5) is 5.69 Å². The van der Waals surface area contributed by atoms with Gasteiger partial charge in [-0.25, -0.2) is 0 Å². The maximum Gasteiger partial charge on any atom is 0.241 e. The zero-order chi connectivity index (χ0) is 14.4. The predicted octanol–water partition coefficient (Wildman–Crippen LogP) is 0.302. The zero-order valence-electron chi connectivity index (χ0n) is 10.9. The summed E-state index contributed by atoms with van der Waals surface area (Å²) < 4.78 is 0. The summed E-state index contributed by atoms with van der Waals surface area (Å²) in [6.07, 6.45) is 0. The number of carbonyl (C=O) groups is 2. The molecule has 0 heterocycles. The average molecular weight is 260 g/mol. The first kappa shape index (κ1) is 14.7. The molecule has 0 aliphatic rings. The lowest BCUT2D eigenvalue weighted by Gasteiger charge is -2.22. The highest BCUT2D eigenvalue weighted by Gasteiger charge is 2.19. The molecule has 6 heteroatoms. The van der Waals surface area contributed by atoms with Crippen molar-refractivity contribution in [2.45, 2.75) is 13.0 Å². The van der Waals surface area contributed by atoms with Gasteiger partial charge >= 0.3 is 0 Å². The second-order valence-electron chi connectivity index (χ2n) is 4.24. The fourth-order valence-corrected chi connectivity index (χ4v) is 1.46. The van der Waals surface area contributed by atoms with E-state index in [9.17, 15) is 9.59 Å². The van der Waals surface area contributed by atoms with E-state index in [0.717, 1.165) is 0 Å². The summed E-state index contributed by atoms with van der Waals surface area (Å²) in [4.78, 5) is 24.3. The van der Waals surface area contributed by atoms with Gasteiger partial charge in [0.1, 0.15) is 0 Å². The highest BCUT2D eigenvalue weighted by atomic mass is 16.2. The Labute approximate surface area is 111 Å². The Balaban J connectivity index is 2.63. The summed E-state index contributed by atoms with van der Waals surface area (Å²) in [6.45, 7) is 1.70. The van der Waals surface area contributed by atoms with Crippen molar-refractivity contribution in [3.05, 3.63) is 29.8 Å². The van der Waals surface area contributed by atoms with E-state index < -0.39 is 11.9 Å². The molecule has 2 amide bonds. The number of nitrogens with two attached hydrogens (primary N) is 1. The van der Waals surface area contributed by atoms with Crippen LogP contribution < -0.4 is 11.1 Å². The van der Waals surface area contributed by atoms with E-state index in [0.29, 0.717) is 11.3 Å². The van der Waals surface area contributed by atoms with Gasteiger partial charge in [-0.1, -0.05) is 0 Å². The Bertz CT molecular complexity index is 504. The molecule has 19 heavy (non-hydrogen) atoms. The van der Waals surface area contributed by atoms with Gasteiger partial charge in [-0.05, 0) is 38.2 Å². The summed E-state index contributed by atoms with van der Waals surface area (Å²) in [5.41, 5.74) is 6.20. The van der Waals surface area contributed by atoms with Crippen LogP contribution >= 0.6 is 0 Å². The average Bonchev–Trinajstić information content (AvgIpc) is 2.37. The molecule has 1 unspecified atom stereocenters. The lowest BCUT2D eigenvalue weighted by molar-refractivity contribution is -0.123. The number of likely N-dealkylation sites (N-methyl/N-ethyl adjacent to an activating group) is 1. The summed E-state index contributed by atoms with van der Waals surface area (Å²) in [6, 6.07) is 8.05. The largest absolute Gasteiger partial charge is 0.369 e. The molecule has 0 aliphatic heterocycles. The molecule has 3 N–H and O–H groups in total. The summed E-state index contributed by atoms with van der Waals surface area (Å²) in [7, 11) is 1.65. The Hall–Kier alpha value is -2.39. The number of carbonyl (C=O) groups excluding carboxylic acids is 2. The molecule has 1 atom stereocenters. The van der Waals surface area contributed by atoms with Crippen LogP contribution in [0.1, 0.15) is 12.5 Å². The van der Waals surface area contributed by atoms with Gasteiger partial charge in [-0.15, -0.1) is 0 Å². The highest BCUT2D eigenvalue weighted by molar-refractivity contribution is 5.94. The number of anilines is 1. The zero-order valence-corrected chi connectivity index (χ0v) is 10.9. The number of amides is 2. The topological polar surface area (TPSA) is 99.2 Å². The molecule has 0 spiro atoms. The van der Waals surface area contributed by atoms with Crippen LogP contribution in [0.5, 0.6) is 0 Å². The minimum absolute atomic E-state index is 0.0158. The van der Waals surface area contributed by atoms with Crippen molar-refractivity contribution in [3.63, 3.8) is 0 Å². The Morgan fingerprint density at radius 3 is 2.47 bits per heavy atom. The van der Waals surface area contributed by atoms with E-state index in [4.69, 9.17) is 11.0 Å². The summed E-state index contributed by atoms with van der Waals surface area (Å²) in [5.74, 6) is -0.728. The van der Waals surface area contributed by atoms with Gasteiger partial charge in [-0.2, -0.15) is 5.26 Å². The predicted molar refractivity (Wildman–Crippen MR) is 71.1 cm³/mol. The fraction of sp³-hybridized carbons (Fsp3) is 0.308. The van der Waals surface area contributed by atoms with E-state index in [-0.39, 0.29) is 12.5 Å². The first-order valence-electron chi connectivity index (χ1n) is 5.73. The van der Waals surface area contributed by atoms with Crippen molar-refractivity contribution in [2.75, 3.05) is 18.9 Å². The maximum atomic E-state index is 11.9. The first-order valence-corrected chi connectivity index (χ1v) is 5.73. The van der Waals surface area contributed by atoms with E-state index >= 15 is 0 Å². The standard InChI is InChI=1S/C13H16N4O2/c1-9(17(2)8-12(15)18)13(19)16-11-5-3-10(7-14)4-6-11/h3-6,9H,8H2,1-2H3,(H2,15,18)(H,16,19). The second-order valence-corrected chi connectivity index (χ2v) is 4.24. The lowest BCUT2D eigenvalue weighted by Crippen LogP contribution is -2.43. The molecular formula is C13H16N4O2. The summed E-state index contributed by atoms with van der Waals surface area (Å²) >= 11 is 0. The van der Waals surface area contributed by atoms with Gasteiger partial charge in [0.15, 0.2) is 0 Å². The Morgan fingerprint density at radius 2 is 2.00 bits per heavy atom. The SMILES string of the molecule is CC(C(=O)Nc1ccc(C#N)cc1)N(C)CC(N)=O. The van der Waals surface area contributed by atoms with Crippen molar-refractivity contribution < 1.29 is 9.59 Å². The van der Waals surface area contributed by atoms with Gasteiger partial charge in [0, 0.05) is 5.69 Å². The minimum Gasteiger partial charge on any atom is -0.369 e. The van der Waals surface area contributed by atoms with Gasteiger partial charge < -0.3 is 11.1 Å². The van der Waals surface area contributed by atoms with Crippen molar-refractivity contribution in [1.29, 1.82) is 5.26 Å². The second kappa shape index (κ2) is 6.52. The van der Waals surface area contributed by atoms with Gasteiger partial charge in [-0.3, -0.25) is 14.5 Å². The van der Waals surface area contributed by atoms with Crippen molar-refractivity contribution in [3.8, 4) is 6.07 Å².